The molecule has 0 unspecified atom stereocenters. The Labute approximate surface area is 141 Å². The second kappa shape index (κ2) is 9.88. The molecule has 23 heavy (non-hydrogen) atoms. The molecule has 1 aromatic rings. The van der Waals surface area contributed by atoms with E-state index in [-0.39, 0.29) is 0 Å². The highest BCUT2D eigenvalue weighted by Gasteiger charge is 2.09. The molecule has 0 bridgehead atoms. The van der Waals surface area contributed by atoms with Crippen LogP contribution in [0.2, 0.25) is 0 Å². The number of benzene rings is 1. The van der Waals surface area contributed by atoms with E-state index in [0.717, 1.165) is 37.2 Å². The van der Waals surface area contributed by atoms with Gasteiger partial charge in [-0.05, 0) is 51.3 Å². The topological polar surface area (TPSA) is 27.6 Å². The van der Waals surface area contributed by atoms with Crippen LogP contribution in [0, 0.1) is 13.8 Å². The van der Waals surface area contributed by atoms with Crippen LogP contribution in [-0.4, -0.2) is 23.7 Å². The fourth-order valence-corrected chi connectivity index (χ4v) is 2.59. The molecule has 1 aromatic carbocycles. The van der Waals surface area contributed by atoms with Gasteiger partial charge >= 0.3 is 0 Å². The summed E-state index contributed by atoms with van der Waals surface area (Å²) in [6.07, 6.45) is 6.06. The fraction of sp³-hybridized carbons (Fsp3) is 0.450. The average molecular weight is 313 g/mol. The standard InChI is InChI=1S/C20H31N3/c1-7-12-23(13-8-2)18(6)15-20(22-21-9-3)19-14-16(4)10-11-17(19)5/h9-11,14-15,21H,3,7-8,12-13H2,1-2,4-6H3/b18-15+,22-20+. The maximum atomic E-state index is 4.50. The Hall–Kier alpha value is -2.03. The van der Waals surface area contributed by atoms with Crippen LogP contribution in [-0.2, 0) is 0 Å². The summed E-state index contributed by atoms with van der Waals surface area (Å²) in [7, 11) is 0. The Morgan fingerprint density at radius 1 is 1.22 bits per heavy atom. The van der Waals surface area contributed by atoms with Crippen molar-refractivity contribution in [2.45, 2.75) is 47.5 Å². The third-order valence-corrected chi connectivity index (χ3v) is 3.78. The van der Waals surface area contributed by atoms with E-state index >= 15 is 0 Å². The van der Waals surface area contributed by atoms with Gasteiger partial charge in [0.05, 0.1) is 5.71 Å². The van der Waals surface area contributed by atoms with Crippen LogP contribution in [0.25, 0.3) is 0 Å². The van der Waals surface area contributed by atoms with Crippen LogP contribution in [0.3, 0.4) is 0 Å². The minimum Gasteiger partial charge on any atom is -0.375 e. The molecule has 0 atom stereocenters. The maximum Gasteiger partial charge on any atom is 0.0925 e. The smallest absolute Gasteiger partial charge is 0.0925 e. The SMILES string of the molecule is C=CN/N=C(\C=C(/C)N(CCC)CCC)c1cc(C)ccc1C. The van der Waals surface area contributed by atoms with E-state index in [9.17, 15) is 0 Å². The second-order valence-electron chi connectivity index (χ2n) is 5.92. The molecule has 3 heteroatoms. The summed E-state index contributed by atoms with van der Waals surface area (Å²) >= 11 is 0. The van der Waals surface area contributed by atoms with Crippen molar-refractivity contribution in [2.75, 3.05) is 13.1 Å². The molecule has 0 spiro atoms. The molecular weight excluding hydrogens is 282 g/mol. The van der Waals surface area contributed by atoms with Gasteiger partial charge in [0.2, 0.25) is 0 Å². The van der Waals surface area contributed by atoms with E-state index in [0.29, 0.717) is 0 Å². The highest BCUT2D eigenvalue weighted by atomic mass is 15.3. The number of aryl methyl sites for hydroxylation is 2. The summed E-state index contributed by atoms with van der Waals surface area (Å²) in [5.74, 6) is 0. The lowest BCUT2D eigenvalue weighted by Crippen LogP contribution is -2.24. The molecule has 0 aliphatic rings. The number of hydrogen-bond donors (Lipinski definition) is 1. The highest BCUT2D eigenvalue weighted by Crippen LogP contribution is 2.15. The first-order valence-corrected chi connectivity index (χ1v) is 8.48. The van der Waals surface area contributed by atoms with Gasteiger partial charge in [0.1, 0.15) is 0 Å². The molecule has 1 rings (SSSR count). The molecule has 0 aromatic heterocycles. The quantitative estimate of drug-likeness (QED) is 0.525. The van der Waals surface area contributed by atoms with Crippen LogP contribution in [0.15, 0.2) is 47.9 Å². The summed E-state index contributed by atoms with van der Waals surface area (Å²) in [4.78, 5) is 2.43. The molecule has 1 N–H and O–H groups in total. The predicted octanol–water partition coefficient (Wildman–Crippen LogP) is 4.77. The molecule has 0 aliphatic heterocycles. The van der Waals surface area contributed by atoms with Gasteiger partial charge in [0.15, 0.2) is 0 Å². The molecule has 3 nitrogen and oxygen atoms in total. The van der Waals surface area contributed by atoms with Crippen molar-refractivity contribution >= 4 is 5.71 Å². The lowest BCUT2D eigenvalue weighted by atomic mass is 10.0. The number of hydrogen-bond acceptors (Lipinski definition) is 3. The van der Waals surface area contributed by atoms with Crippen molar-refractivity contribution in [1.82, 2.24) is 10.3 Å². The third-order valence-electron chi connectivity index (χ3n) is 3.78. The first kappa shape index (κ1) is 19.0. The maximum absolute atomic E-state index is 4.50. The van der Waals surface area contributed by atoms with E-state index in [2.05, 4.69) is 80.9 Å². The Morgan fingerprint density at radius 3 is 2.43 bits per heavy atom. The second-order valence-corrected chi connectivity index (χ2v) is 5.92. The average Bonchev–Trinajstić information content (AvgIpc) is 2.53. The van der Waals surface area contributed by atoms with Crippen LogP contribution < -0.4 is 5.43 Å². The summed E-state index contributed by atoms with van der Waals surface area (Å²) < 4.78 is 0. The normalized spacial score (nSPS) is 12.2. The van der Waals surface area contributed by atoms with Gasteiger partial charge in [-0.2, -0.15) is 5.10 Å². The lowest BCUT2D eigenvalue weighted by Gasteiger charge is -2.24. The van der Waals surface area contributed by atoms with Crippen molar-refractivity contribution in [3.8, 4) is 0 Å². The van der Waals surface area contributed by atoms with E-state index in [4.69, 9.17) is 0 Å². The van der Waals surface area contributed by atoms with Gasteiger partial charge in [-0.1, -0.05) is 38.1 Å². The molecule has 0 aliphatic carbocycles. The molecule has 0 radical (unpaired) electrons. The van der Waals surface area contributed by atoms with Gasteiger partial charge in [-0.3, -0.25) is 5.43 Å². The van der Waals surface area contributed by atoms with E-state index < -0.39 is 0 Å². The van der Waals surface area contributed by atoms with Crippen molar-refractivity contribution in [3.63, 3.8) is 0 Å². The zero-order valence-corrected chi connectivity index (χ0v) is 15.3. The zero-order chi connectivity index (χ0) is 17.2. The molecule has 0 saturated heterocycles. The number of allylic oxidation sites excluding steroid dienone is 2. The number of nitrogens with zero attached hydrogens (tertiary/aromatic N) is 2. The van der Waals surface area contributed by atoms with E-state index in [1.807, 2.05) is 0 Å². The monoisotopic (exact) mass is 313 g/mol. The summed E-state index contributed by atoms with van der Waals surface area (Å²) in [5.41, 5.74) is 8.71. The third kappa shape index (κ3) is 5.93. The molecular formula is C20H31N3. The van der Waals surface area contributed by atoms with Crippen LogP contribution in [0.4, 0.5) is 0 Å². The van der Waals surface area contributed by atoms with E-state index in [1.165, 1.54) is 16.8 Å². The Bertz CT molecular complexity index is 564. The summed E-state index contributed by atoms with van der Waals surface area (Å²) in [5, 5.41) is 4.50. The first-order chi connectivity index (χ1) is 11.0. The van der Waals surface area contributed by atoms with Gasteiger partial charge < -0.3 is 4.90 Å². The molecule has 0 saturated carbocycles. The largest absolute Gasteiger partial charge is 0.375 e. The number of hydrazone groups is 1. The Morgan fingerprint density at radius 2 is 1.87 bits per heavy atom. The predicted molar refractivity (Wildman–Crippen MR) is 102 cm³/mol. The van der Waals surface area contributed by atoms with Crippen LogP contribution in [0.5, 0.6) is 0 Å². The minimum absolute atomic E-state index is 0.945. The van der Waals surface area contributed by atoms with Crippen molar-refractivity contribution in [3.05, 3.63) is 59.4 Å². The highest BCUT2D eigenvalue weighted by molar-refractivity contribution is 6.09. The van der Waals surface area contributed by atoms with Crippen molar-refractivity contribution in [1.29, 1.82) is 0 Å². The lowest BCUT2D eigenvalue weighted by molar-refractivity contribution is 0.346. The first-order valence-electron chi connectivity index (χ1n) is 8.48. The summed E-state index contributed by atoms with van der Waals surface area (Å²) in [6.45, 7) is 16.7. The minimum atomic E-state index is 0.945. The molecule has 0 amide bonds. The van der Waals surface area contributed by atoms with Crippen LogP contribution in [0.1, 0.15) is 50.3 Å². The summed E-state index contributed by atoms with van der Waals surface area (Å²) in [6, 6.07) is 6.47. The van der Waals surface area contributed by atoms with Crippen LogP contribution >= 0.6 is 0 Å². The molecule has 0 fully saturated rings. The fourth-order valence-electron chi connectivity index (χ4n) is 2.59. The van der Waals surface area contributed by atoms with Crippen molar-refractivity contribution < 1.29 is 0 Å². The Balaban J connectivity index is 3.23. The zero-order valence-electron chi connectivity index (χ0n) is 15.3. The molecule has 0 heterocycles. The van der Waals surface area contributed by atoms with Gasteiger partial charge in [-0.25, -0.2) is 0 Å². The van der Waals surface area contributed by atoms with Gasteiger partial charge in [0, 0.05) is 30.5 Å². The van der Waals surface area contributed by atoms with Gasteiger partial charge in [0.25, 0.3) is 0 Å². The number of rotatable bonds is 9. The molecule has 126 valence electrons. The van der Waals surface area contributed by atoms with Gasteiger partial charge in [-0.15, -0.1) is 0 Å². The number of nitrogens with one attached hydrogen (secondary N) is 1. The van der Waals surface area contributed by atoms with E-state index in [1.54, 1.807) is 6.20 Å². The Kier molecular flexibility index (Phi) is 8.17. The van der Waals surface area contributed by atoms with Crippen molar-refractivity contribution in [2.24, 2.45) is 5.10 Å².